The van der Waals surface area contributed by atoms with E-state index in [-0.39, 0.29) is 18.7 Å². The summed E-state index contributed by atoms with van der Waals surface area (Å²) in [5.41, 5.74) is 0.185. The van der Waals surface area contributed by atoms with E-state index in [4.69, 9.17) is 0 Å². The molecule has 1 aliphatic heterocycles. The highest BCUT2D eigenvalue weighted by Crippen LogP contribution is 2.16. The SMILES string of the molecule is O=C(NCc1nnc2n1CCC2)NC[C@@H](O)c1ccc(F)c(F)c1. The third-order valence-corrected chi connectivity index (χ3v) is 3.88. The second kappa shape index (κ2) is 6.91. The standard InChI is InChI=1S/C15H17F2N5O2/c16-10-4-3-9(6-11(10)17)12(23)7-18-15(24)19-8-14-21-20-13-2-1-5-22(13)14/h3-4,6,12,23H,1-2,5,7-8H2,(H2,18,19,24)/t12-/m1/s1. The van der Waals surface area contributed by atoms with Crippen molar-refractivity contribution in [2.45, 2.75) is 32.0 Å². The Morgan fingerprint density at radius 2 is 2.12 bits per heavy atom. The molecule has 0 saturated carbocycles. The highest BCUT2D eigenvalue weighted by atomic mass is 19.2. The highest BCUT2D eigenvalue weighted by molar-refractivity contribution is 5.73. The molecule has 128 valence electrons. The summed E-state index contributed by atoms with van der Waals surface area (Å²) in [5, 5.41) is 23.1. The number of urea groups is 1. The quantitative estimate of drug-likeness (QED) is 0.760. The first kappa shape index (κ1) is 16.3. The minimum atomic E-state index is -1.14. The van der Waals surface area contributed by atoms with Crippen molar-refractivity contribution in [3.8, 4) is 0 Å². The number of halogens is 2. The third-order valence-electron chi connectivity index (χ3n) is 3.88. The van der Waals surface area contributed by atoms with Crippen LogP contribution in [0.4, 0.5) is 13.6 Å². The van der Waals surface area contributed by atoms with E-state index in [9.17, 15) is 18.7 Å². The van der Waals surface area contributed by atoms with Crippen molar-refractivity contribution in [3.05, 3.63) is 47.0 Å². The largest absolute Gasteiger partial charge is 0.387 e. The molecule has 24 heavy (non-hydrogen) atoms. The second-order valence-electron chi connectivity index (χ2n) is 5.54. The van der Waals surface area contributed by atoms with Crippen molar-refractivity contribution < 1.29 is 18.7 Å². The van der Waals surface area contributed by atoms with E-state index in [0.717, 1.165) is 37.3 Å². The molecule has 3 N–H and O–H groups in total. The summed E-state index contributed by atoms with van der Waals surface area (Å²) in [5.74, 6) is -0.436. The van der Waals surface area contributed by atoms with Crippen LogP contribution in [0.3, 0.4) is 0 Å². The van der Waals surface area contributed by atoms with Crippen molar-refractivity contribution in [3.63, 3.8) is 0 Å². The Bertz CT molecular complexity index is 749. The van der Waals surface area contributed by atoms with Crippen LogP contribution in [-0.4, -0.2) is 32.4 Å². The van der Waals surface area contributed by atoms with Gasteiger partial charge in [-0.3, -0.25) is 0 Å². The number of amides is 2. The van der Waals surface area contributed by atoms with Gasteiger partial charge in [-0.25, -0.2) is 13.6 Å². The van der Waals surface area contributed by atoms with Gasteiger partial charge in [-0.05, 0) is 24.1 Å². The maximum absolute atomic E-state index is 13.1. The molecule has 1 aromatic carbocycles. The fourth-order valence-electron chi connectivity index (χ4n) is 2.59. The molecule has 9 heteroatoms. The average molecular weight is 337 g/mol. The van der Waals surface area contributed by atoms with E-state index in [0.29, 0.717) is 5.82 Å². The number of rotatable bonds is 5. The zero-order valence-corrected chi connectivity index (χ0v) is 12.8. The van der Waals surface area contributed by atoms with Crippen molar-refractivity contribution in [1.29, 1.82) is 0 Å². The molecule has 1 aliphatic rings. The summed E-state index contributed by atoms with van der Waals surface area (Å²) in [6.45, 7) is 0.935. The predicted molar refractivity (Wildman–Crippen MR) is 79.9 cm³/mol. The molecule has 0 unspecified atom stereocenters. The minimum Gasteiger partial charge on any atom is -0.387 e. The van der Waals surface area contributed by atoms with Gasteiger partial charge in [-0.15, -0.1) is 10.2 Å². The smallest absolute Gasteiger partial charge is 0.315 e. The molecule has 0 fully saturated rings. The van der Waals surface area contributed by atoms with E-state index < -0.39 is 23.8 Å². The monoisotopic (exact) mass is 337 g/mol. The van der Waals surface area contributed by atoms with Crippen LogP contribution in [0.25, 0.3) is 0 Å². The Morgan fingerprint density at radius 3 is 2.92 bits per heavy atom. The van der Waals surface area contributed by atoms with E-state index >= 15 is 0 Å². The van der Waals surface area contributed by atoms with Crippen LogP contribution in [-0.2, 0) is 19.5 Å². The topological polar surface area (TPSA) is 92.1 Å². The third kappa shape index (κ3) is 3.51. The maximum Gasteiger partial charge on any atom is 0.315 e. The zero-order valence-electron chi connectivity index (χ0n) is 12.8. The van der Waals surface area contributed by atoms with Crippen LogP contribution < -0.4 is 10.6 Å². The van der Waals surface area contributed by atoms with Gasteiger partial charge in [0.15, 0.2) is 17.5 Å². The first-order valence-corrected chi connectivity index (χ1v) is 7.60. The van der Waals surface area contributed by atoms with Crippen LogP contribution in [0.5, 0.6) is 0 Å². The van der Waals surface area contributed by atoms with Gasteiger partial charge in [0.25, 0.3) is 0 Å². The van der Waals surface area contributed by atoms with Gasteiger partial charge >= 0.3 is 6.03 Å². The summed E-state index contributed by atoms with van der Waals surface area (Å²) < 4.78 is 27.9. The number of hydrogen-bond acceptors (Lipinski definition) is 4. The van der Waals surface area contributed by atoms with Gasteiger partial charge in [0.05, 0.1) is 12.6 Å². The number of benzene rings is 1. The lowest BCUT2D eigenvalue weighted by molar-refractivity contribution is 0.172. The first-order valence-electron chi connectivity index (χ1n) is 7.60. The van der Waals surface area contributed by atoms with Crippen LogP contribution in [0.1, 0.15) is 29.7 Å². The van der Waals surface area contributed by atoms with Crippen LogP contribution >= 0.6 is 0 Å². The molecule has 1 atom stereocenters. The average Bonchev–Trinajstić information content (AvgIpc) is 3.17. The molecule has 7 nitrogen and oxygen atoms in total. The molecule has 3 rings (SSSR count). The zero-order chi connectivity index (χ0) is 17.1. The van der Waals surface area contributed by atoms with E-state index in [1.54, 1.807) is 0 Å². The number of aromatic nitrogens is 3. The number of carbonyl (C=O) groups excluding carboxylic acids is 1. The van der Waals surface area contributed by atoms with Crippen molar-refractivity contribution in [1.82, 2.24) is 25.4 Å². The molecule has 0 spiro atoms. The molecule has 1 aromatic heterocycles. The predicted octanol–water partition coefficient (Wildman–Crippen LogP) is 1.04. The number of fused-ring (bicyclic) bond motifs is 1. The molecular formula is C15H17F2N5O2. The Balaban J connectivity index is 1.47. The molecule has 0 aliphatic carbocycles. The van der Waals surface area contributed by atoms with Crippen LogP contribution in [0.2, 0.25) is 0 Å². The maximum atomic E-state index is 13.1. The van der Waals surface area contributed by atoms with E-state index in [1.807, 2.05) is 4.57 Å². The van der Waals surface area contributed by atoms with Crippen LogP contribution in [0, 0.1) is 11.6 Å². The molecule has 0 radical (unpaired) electrons. The summed E-state index contributed by atoms with van der Waals surface area (Å²) >= 11 is 0. The molecule has 0 saturated heterocycles. The van der Waals surface area contributed by atoms with E-state index in [2.05, 4.69) is 20.8 Å². The normalized spacial score (nSPS) is 14.3. The second-order valence-corrected chi connectivity index (χ2v) is 5.54. The van der Waals surface area contributed by atoms with Gasteiger partial charge in [0.2, 0.25) is 0 Å². The number of carbonyl (C=O) groups is 1. The summed E-state index contributed by atoms with van der Waals surface area (Å²) in [7, 11) is 0. The lowest BCUT2D eigenvalue weighted by Gasteiger charge is -2.13. The Morgan fingerprint density at radius 1 is 1.29 bits per heavy atom. The lowest BCUT2D eigenvalue weighted by Crippen LogP contribution is -2.38. The highest BCUT2D eigenvalue weighted by Gasteiger charge is 2.17. The Kier molecular flexibility index (Phi) is 4.70. The Hall–Kier alpha value is -2.55. The lowest BCUT2D eigenvalue weighted by atomic mass is 10.1. The fraction of sp³-hybridized carbons (Fsp3) is 0.400. The number of aryl methyl sites for hydroxylation is 1. The molecule has 0 bridgehead atoms. The fourth-order valence-corrected chi connectivity index (χ4v) is 2.59. The number of nitrogens with zero attached hydrogens (tertiary/aromatic N) is 3. The number of aliphatic hydroxyl groups excluding tert-OH is 1. The van der Waals surface area contributed by atoms with Crippen molar-refractivity contribution in [2.75, 3.05) is 6.54 Å². The summed E-state index contributed by atoms with van der Waals surface area (Å²) in [6.07, 6.45) is 0.771. The van der Waals surface area contributed by atoms with E-state index in [1.165, 1.54) is 6.07 Å². The molecular weight excluding hydrogens is 320 g/mol. The summed E-state index contributed by atoms with van der Waals surface area (Å²) in [6, 6.07) is 2.60. The van der Waals surface area contributed by atoms with Gasteiger partial charge in [-0.1, -0.05) is 6.07 Å². The van der Waals surface area contributed by atoms with Crippen LogP contribution in [0.15, 0.2) is 18.2 Å². The van der Waals surface area contributed by atoms with Gasteiger partial charge in [-0.2, -0.15) is 0 Å². The molecule has 2 amide bonds. The number of hydrogen-bond donors (Lipinski definition) is 3. The number of nitrogens with one attached hydrogen (secondary N) is 2. The summed E-state index contributed by atoms with van der Waals surface area (Å²) in [4.78, 5) is 11.8. The van der Waals surface area contributed by atoms with Gasteiger partial charge < -0.3 is 20.3 Å². The first-order chi connectivity index (χ1) is 11.5. The van der Waals surface area contributed by atoms with Crippen molar-refractivity contribution >= 4 is 6.03 Å². The minimum absolute atomic E-state index is 0.130. The van der Waals surface area contributed by atoms with Crippen molar-refractivity contribution in [2.24, 2.45) is 0 Å². The van der Waals surface area contributed by atoms with Gasteiger partial charge in [0, 0.05) is 19.5 Å². The van der Waals surface area contributed by atoms with Gasteiger partial charge in [0.1, 0.15) is 5.82 Å². The number of aliphatic hydroxyl groups is 1. The molecule has 2 heterocycles. The molecule has 2 aromatic rings. The Labute approximate surface area is 136 Å².